The number of aromatic nitrogens is 1. The molecule has 0 aliphatic rings. The van der Waals surface area contributed by atoms with E-state index in [1.165, 1.54) is 11.1 Å². The van der Waals surface area contributed by atoms with Crippen LogP contribution in [0.15, 0.2) is 18.5 Å². The number of nitrogens with two attached hydrogens (primary N) is 1. The summed E-state index contributed by atoms with van der Waals surface area (Å²) in [5.74, 6) is -0.137. The van der Waals surface area contributed by atoms with Crippen LogP contribution in [0.1, 0.15) is 26.3 Å². The Morgan fingerprint density at radius 3 is 2.50 bits per heavy atom. The van der Waals surface area contributed by atoms with E-state index in [4.69, 9.17) is 10.5 Å². The number of hydrogen-bond donors (Lipinski definition) is 1. The monoisotopic (exact) mass is 329 g/mol. The Hall–Kier alpha value is -1.83. The van der Waals surface area contributed by atoms with Crippen molar-refractivity contribution in [2.24, 2.45) is 0 Å². The van der Waals surface area contributed by atoms with Crippen molar-refractivity contribution in [3.8, 4) is 0 Å². The minimum absolute atomic E-state index is 0.0442. The van der Waals surface area contributed by atoms with Gasteiger partial charge in [0, 0.05) is 25.2 Å². The molecule has 0 bridgehead atoms. The molecular weight excluding hydrogens is 306 g/mol. The third-order valence-electron chi connectivity index (χ3n) is 2.57. The van der Waals surface area contributed by atoms with Crippen LogP contribution in [0, 0.1) is 0 Å². The zero-order valence-electron chi connectivity index (χ0n) is 13.4. The number of nitrogen functional groups attached to an aromatic ring is 1. The Morgan fingerprint density at radius 1 is 1.36 bits per heavy atom. The summed E-state index contributed by atoms with van der Waals surface area (Å²) in [4.78, 5) is 17.5. The Kier molecular flexibility index (Phi) is 5.76. The van der Waals surface area contributed by atoms with E-state index in [2.05, 4.69) is 4.98 Å². The Balaban J connectivity index is 2.88. The molecule has 0 saturated heterocycles. The minimum Gasteiger partial charge on any atom is -0.444 e. The van der Waals surface area contributed by atoms with Crippen LogP contribution in [0.25, 0.3) is 0 Å². The van der Waals surface area contributed by atoms with Crippen molar-refractivity contribution < 1.29 is 17.9 Å². The van der Waals surface area contributed by atoms with Gasteiger partial charge in [-0.3, -0.25) is 4.98 Å². The van der Waals surface area contributed by atoms with E-state index >= 15 is 0 Å². The van der Waals surface area contributed by atoms with Crippen LogP contribution >= 0.6 is 0 Å². The molecule has 1 rings (SSSR count). The molecule has 0 radical (unpaired) electrons. The second-order valence-corrected chi connectivity index (χ2v) is 8.42. The van der Waals surface area contributed by atoms with Gasteiger partial charge in [-0.2, -0.15) is 0 Å². The lowest BCUT2D eigenvalue weighted by Crippen LogP contribution is -2.39. The third-order valence-corrected chi connectivity index (χ3v) is 3.50. The molecule has 0 aliphatic carbocycles. The summed E-state index contributed by atoms with van der Waals surface area (Å²) in [5, 5.41) is 0. The Bertz CT molecular complexity index is 623. The van der Waals surface area contributed by atoms with Gasteiger partial charge in [0.05, 0.1) is 18.0 Å². The first kappa shape index (κ1) is 18.2. The van der Waals surface area contributed by atoms with E-state index < -0.39 is 21.5 Å². The highest BCUT2D eigenvalue weighted by molar-refractivity contribution is 7.90. The number of nitrogens with zero attached hydrogens (tertiary/aromatic N) is 2. The number of ether oxygens (including phenoxy) is 1. The highest BCUT2D eigenvalue weighted by Crippen LogP contribution is 2.13. The molecule has 0 spiro atoms. The molecule has 1 aromatic rings. The largest absolute Gasteiger partial charge is 0.444 e. The van der Waals surface area contributed by atoms with Crippen LogP contribution in [0.2, 0.25) is 0 Å². The molecule has 1 amide bonds. The molecule has 8 heteroatoms. The third kappa shape index (κ3) is 7.26. The highest BCUT2D eigenvalue weighted by Gasteiger charge is 2.23. The maximum absolute atomic E-state index is 12.2. The van der Waals surface area contributed by atoms with Gasteiger partial charge in [-0.1, -0.05) is 0 Å². The van der Waals surface area contributed by atoms with Crippen molar-refractivity contribution in [3.63, 3.8) is 0 Å². The normalized spacial score (nSPS) is 12.0. The standard InChI is InChI=1S/C14H23N3O4S/c1-14(2,3)21-13(18)17(5-6-22(4,19)20)10-11-7-12(15)9-16-8-11/h7-9H,5-6,10,15H2,1-4H3. The van der Waals surface area contributed by atoms with Gasteiger partial charge < -0.3 is 15.4 Å². The topological polar surface area (TPSA) is 103 Å². The molecule has 2 N–H and O–H groups in total. The lowest BCUT2D eigenvalue weighted by Gasteiger charge is -2.27. The molecule has 0 unspecified atom stereocenters. The van der Waals surface area contributed by atoms with E-state index in [0.29, 0.717) is 11.3 Å². The summed E-state index contributed by atoms with van der Waals surface area (Å²) < 4.78 is 28.0. The second-order valence-electron chi connectivity index (χ2n) is 6.16. The Morgan fingerprint density at radius 2 is 2.00 bits per heavy atom. The average Bonchev–Trinajstić information content (AvgIpc) is 2.31. The molecular formula is C14H23N3O4S. The quantitative estimate of drug-likeness (QED) is 0.877. The lowest BCUT2D eigenvalue weighted by atomic mass is 10.2. The van der Waals surface area contributed by atoms with Crippen molar-refractivity contribution in [2.45, 2.75) is 32.9 Å². The van der Waals surface area contributed by atoms with Gasteiger partial charge in [0.1, 0.15) is 15.4 Å². The van der Waals surface area contributed by atoms with Crippen LogP contribution in [-0.2, 0) is 21.1 Å². The number of rotatable bonds is 5. The molecule has 7 nitrogen and oxygen atoms in total. The van der Waals surface area contributed by atoms with Gasteiger partial charge in [-0.05, 0) is 32.4 Å². The number of hydrogen-bond acceptors (Lipinski definition) is 6. The highest BCUT2D eigenvalue weighted by atomic mass is 32.2. The summed E-state index contributed by atoms with van der Waals surface area (Å²) in [7, 11) is -3.19. The molecule has 0 atom stereocenters. The van der Waals surface area contributed by atoms with Crippen LogP contribution in [-0.4, -0.2) is 48.5 Å². The fourth-order valence-electron chi connectivity index (χ4n) is 1.65. The van der Waals surface area contributed by atoms with Gasteiger partial charge in [-0.15, -0.1) is 0 Å². The molecule has 0 fully saturated rings. The van der Waals surface area contributed by atoms with Gasteiger partial charge in [0.2, 0.25) is 0 Å². The Labute approximate surface area is 131 Å². The first-order valence-corrected chi connectivity index (χ1v) is 8.87. The van der Waals surface area contributed by atoms with E-state index in [0.717, 1.165) is 6.26 Å². The lowest BCUT2D eigenvalue weighted by molar-refractivity contribution is 0.0246. The SMILES string of the molecule is CC(C)(C)OC(=O)N(CCS(C)(=O)=O)Cc1cncc(N)c1. The number of amides is 1. The van der Waals surface area contributed by atoms with Crippen LogP contribution < -0.4 is 5.73 Å². The zero-order valence-corrected chi connectivity index (χ0v) is 14.2. The van der Waals surface area contributed by atoms with Crippen molar-refractivity contribution in [3.05, 3.63) is 24.0 Å². The molecule has 1 aromatic heterocycles. The summed E-state index contributed by atoms with van der Waals surface area (Å²) in [5.41, 5.74) is 6.19. The van der Waals surface area contributed by atoms with Gasteiger partial charge in [0.15, 0.2) is 0 Å². The van der Waals surface area contributed by atoms with Crippen LogP contribution in [0.3, 0.4) is 0 Å². The number of pyridine rings is 1. The molecule has 1 heterocycles. The first-order valence-electron chi connectivity index (χ1n) is 6.81. The van der Waals surface area contributed by atoms with Crippen LogP contribution in [0.4, 0.5) is 10.5 Å². The number of anilines is 1. The van der Waals surface area contributed by atoms with Crippen molar-refractivity contribution in [1.82, 2.24) is 9.88 Å². The minimum atomic E-state index is -3.19. The summed E-state index contributed by atoms with van der Waals surface area (Å²) in [6.07, 6.45) is 3.63. The van der Waals surface area contributed by atoms with Gasteiger partial charge in [-0.25, -0.2) is 13.2 Å². The smallest absolute Gasteiger partial charge is 0.410 e. The van der Waals surface area contributed by atoms with Crippen LogP contribution in [0.5, 0.6) is 0 Å². The fraction of sp³-hybridized carbons (Fsp3) is 0.571. The summed E-state index contributed by atoms with van der Waals surface area (Å²) in [6, 6.07) is 1.69. The predicted molar refractivity (Wildman–Crippen MR) is 85.0 cm³/mol. The van der Waals surface area contributed by atoms with Crippen molar-refractivity contribution in [1.29, 1.82) is 0 Å². The van der Waals surface area contributed by atoms with E-state index in [-0.39, 0.29) is 18.8 Å². The van der Waals surface area contributed by atoms with Gasteiger partial charge >= 0.3 is 6.09 Å². The number of carbonyl (C=O) groups is 1. The summed E-state index contributed by atoms with van der Waals surface area (Å²) in [6.45, 7) is 5.48. The molecule has 124 valence electrons. The average molecular weight is 329 g/mol. The molecule has 0 aliphatic heterocycles. The van der Waals surface area contributed by atoms with E-state index in [1.807, 2.05) is 0 Å². The zero-order chi connectivity index (χ0) is 17.0. The van der Waals surface area contributed by atoms with Crippen molar-refractivity contribution >= 4 is 21.6 Å². The second kappa shape index (κ2) is 6.95. The van der Waals surface area contributed by atoms with E-state index in [9.17, 15) is 13.2 Å². The fourth-order valence-corrected chi connectivity index (χ4v) is 2.20. The van der Waals surface area contributed by atoms with Gasteiger partial charge in [0.25, 0.3) is 0 Å². The number of carbonyl (C=O) groups excluding carboxylic acids is 1. The maximum atomic E-state index is 12.2. The molecule has 0 aromatic carbocycles. The summed E-state index contributed by atoms with van der Waals surface area (Å²) >= 11 is 0. The number of sulfone groups is 1. The first-order chi connectivity index (χ1) is 9.96. The predicted octanol–water partition coefficient (Wildman–Crippen LogP) is 1.45. The maximum Gasteiger partial charge on any atom is 0.410 e. The molecule has 0 saturated carbocycles. The van der Waals surface area contributed by atoms with E-state index in [1.54, 1.807) is 33.0 Å². The van der Waals surface area contributed by atoms with Crippen molar-refractivity contribution in [2.75, 3.05) is 24.3 Å². The molecule has 22 heavy (non-hydrogen) atoms.